The molecule has 0 spiro atoms. The number of aliphatic hydroxyl groups excluding tert-OH is 2. The molecule has 4 aromatic rings. The summed E-state index contributed by atoms with van der Waals surface area (Å²) >= 11 is 0. The first-order chi connectivity index (χ1) is 33.5. The number of hydrogen-bond acceptors (Lipinski definition) is 13. The van der Waals surface area contributed by atoms with Crippen LogP contribution in [0.3, 0.4) is 0 Å². The maximum atomic E-state index is 14.8. The monoisotopic (exact) mass is 942 g/mol. The van der Waals surface area contributed by atoms with Gasteiger partial charge in [0.05, 0.1) is 28.1 Å². The molecular weight excluding hydrogens is 885 g/mol. The van der Waals surface area contributed by atoms with Crippen LogP contribution in [0.15, 0.2) is 127 Å². The highest BCUT2D eigenvalue weighted by atomic mass is 16.7. The van der Waals surface area contributed by atoms with Crippen molar-refractivity contribution >= 4 is 35.4 Å². The first-order valence-corrected chi connectivity index (χ1v) is 23.4. The molecule has 2 N–H and O–H groups in total. The predicted octanol–water partition coefficient (Wildman–Crippen LogP) is 9.89. The summed E-state index contributed by atoms with van der Waals surface area (Å²) in [6.45, 7) is 6.37. The highest BCUT2D eigenvalue weighted by Gasteiger charge is 2.65. The molecule has 6 unspecified atom stereocenters. The van der Waals surface area contributed by atoms with E-state index in [4.69, 9.17) is 24.2 Å². The van der Waals surface area contributed by atoms with Gasteiger partial charge in [-0.1, -0.05) is 49.2 Å². The van der Waals surface area contributed by atoms with E-state index in [1.165, 1.54) is 30.3 Å². The van der Waals surface area contributed by atoms with E-state index >= 15 is 0 Å². The average molecular weight is 943 g/mol. The van der Waals surface area contributed by atoms with Gasteiger partial charge in [-0.3, -0.25) is 29.8 Å². The fourth-order valence-electron chi connectivity index (χ4n) is 10.0. The van der Waals surface area contributed by atoms with Gasteiger partial charge < -0.3 is 34.2 Å². The number of unbranched alkanes of at least 4 members (excludes halogenated alkanes) is 2. The Labute approximate surface area is 400 Å². The molecule has 0 bridgehead atoms. The number of aliphatic hydroxyl groups is 2. The molecule has 1 fully saturated rings. The Kier molecular flexibility index (Phi) is 16.9. The summed E-state index contributed by atoms with van der Waals surface area (Å²) in [4.78, 5) is 56.2. The molecule has 7 rings (SSSR count). The van der Waals surface area contributed by atoms with Crippen molar-refractivity contribution in [2.75, 3.05) is 26.4 Å². The lowest BCUT2D eigenvalue weighted by molar-refractivity contribution is -0.385. The maximum absolute atomic E-state index is 14.8. The van der Waals surface area contributed by atoms with E-state index in [2.05, 4.69) is 12.7 Å². The Hall–Kier alpha value is -7.01. The zero-order chi connectivity index (χ0) is 48.9. The molecule has 2 aliphatic carbocycles. The molecule has 4 aromatic carbocycles. The fourth-order valence-corrected chi connectivity index (χ4v) is 10.0. The number of non-ortho nitro benzene ring substituents is 2. The minimum Gasteiger partial charge on any atom is -0.459 e. The molecule has 1 amide bonds. The van der Waals surface area contributed by atoms with E-state index in [0.717, 1.165) is 30.3 Å². The highest BCUT2D eigenvalue weighted by Crippen LogP contribution is 2.62. The van der Waals surface area contributed by atoms with Gasteiger partial charge in [0.2, 0.25) is 11.7 Å². The summed E-state index contributed by atoms with van der Waals surface area (Å²) in [6, 6.07) is 23.6. The van der Waals surface area contributed by atoms with Crippen LogP contribution >= 0.6 is 0 Å². The summed E-state index contributed by atoms with van der Waals surface area (Å²) in [6.07, 6.45) is 12.5. The Bertz CT molecular complexity index is 2560. The average Bonchev–Trinajstić information content (AvgIpc) is 3.36. The second kappa shape index (κ2) is 23.3. The number of amides is 1. The van der Waals surface area contributed by atoms with Crippen LogP contribution in [0.4, 0.5) is 11.4 Å². The van der Waals surface area contributed by atoms with Crippen molar-refractivity contribution in [3.63, 3.8) is 0 Å². The number of hydrogen-bond donors (Lipinski definition) is 2. The number of nitro groups is 2. The number of fused-ring (bicyclic) bond motifs is 2. The van der Waals surface area contributed by atoms with Crippen LogP contribution < -0.4 is 9.47 Å². The molecule has 0 saturated heterocycles. The second-order valence-electron chi connectivity index (χ2n) is 17.5. The van der Waals surface area contributed by atoms with Gasteiger partial charge in [-0.15, -0.1) is 6.58 Å². The molecule has 16 nitrogen and oxygen atoms in total. The molecule has 0 radical (unpaired) electrons. The van der Waals surface area contributed by atoms with Crippen LogP contribution in [-0.2, 0) is 21.0 Å². The Morgan fingerprint density at radius 1 is 0.913 bits per heavy atom. The van der Waals surface area contributed by atoms with Crippen LogP contribution in [0.2, 0.25) is 0 Å². The van der Waals surface area contributed by atoms with Gasteiger partial charge in [0.15, 0.2) is 0 Å². The minimum atomic E-state index is -1.53. The number of rotatable bonds is 24. The topological polar surface area (TPSA) is 213 Å². The lowest BCUT2D eigenvalue weighted by Crippen LogP contribution is -2.70. The second-order valence-corrected chi connectivity index (χ2v) is 17.5. The summed E-state index contributed by atoms with van der Waals surface area (Å²) in [7, 11) is 0. The van der Waals surface area contributed by atoms with Crippen LogP contribution in [0.25, 0.3) is 6.08 Å². The lowest BCUT2D eigenvalue weighted by atomic mass is 9.55. The zero-order valence-electron chi connectivity index (χ0n) is 38.6. The largest absolute Gasteiger partial charge is 0.459 e. The van der Waals surface area contributed by atoms with Crippen LogP contribution in [-0.4, -0.2) is 81.1 Å². The van der Waals surface area contributed by atoms with Crippen molar-refractivity contribution in [1.82, 2.24) is 4.90 Å². The minimum absolute atomic E-state index is 0.00370. The summed E-state index contributed by atoms with van der Waals surface area (Å²) in [5.74, 6) is -1.45. The number of carbonyl (C=O) groups is 2. The van der Waals surface area contributed by atoms with Crippen molar-refractivity contribution in [1.29, 1.82) is 0 Å². The van der Waals surface area contributed by atoms with E-state index in [9.17, 15) is 40.0 Å². The van der Waals surface area contributed by atoms with Gasteiger partial charge in [0, 0.05) is 73.6 Å². The Balaban J connectivity index is 1.41. The lowest BCUT2D eigenvalue weighted by Gasteiger charge is -2.60. The number of oxime groups is 1. The number of carbonyl (C=O) groups excluding carboxylic acids is 2. The smallest absolute Gasteiger partial charge is 0.269 e. The van der Waals surface area contributed by atoms with Crippen LogP contribution in [0, 0.1) is 38.0 Å². The number of allylic oxidation sites excluding steroid dienone is 1. The number of nitro benzene ring substituents is 2. The third-order valence-corrected chi connectivity index (χ3v) is 13.1. The Morgan fingerprint density at radius 2 is 1.61 bits per heavy atom. The quantitative estimate of drug-likeness (QED) is 0.0168. The van der Waals surface area contributed by atoms with Crippen LogP contribution in [0.1, 0.15) is 91.3 Å². The van der Waals surface area contributed by atoms with E-state index in [-0.39, 0.29) is 74.4 Å². The molecule has 0 aromatic heterocycles. The van der Waals surface area contributed by atoms with Crippen molar-refractivity contribution in [3.8, 4) is 17.2 Å². The molecule has 362 valence electrons. The van der Waals surface area contributed by atoms with Gasteiger partial charge in [-0.2, -0.15) is 0 Å². The molecule has 1 aliphatic heterocycles. The molecule has 1 heterocycles. The third-order valence-electron chi connectivity index (χ3n) is 13.1. The summed E-state index contributed by atoms with van der Waals surface area (Å²) in [5, 5.41) is 47.6. The standard InChI is InChI=1S/C53H58N4O12/c1-3-26-55(50(61)25-18-36-14-19-40(20-15-36)56(62)63)49-33-47(54-67-35-37-16-21-41(22-17-37)57(64)65)45-31-39(11-5-7-27-58)44(13-6-8-28-59)51-46-32-43(68-42-12-9-10-38(30-42)34-60)23-24-48(46)69-53(49,52(45)51)66-29-4-2/h4,9-10,12,14-25,30-32,34,39,44,49,51-52,58-59H,2-3,5-8,11,13,26-29,33,35H2,1H3. The van der Waals surface area contributed by atoms with Gasteiger partial charge in [-0.25, -0.2) is 0 Å². The van der Waals surface area contributed by atoms with E-state index in [1.807, 2.05) is 19.1 Å². The van der Waals surface area contributed by atoms with Gasteiger partial charge in [0.1, 0.15) is 36.2 Å². The molecule has 3 aliphatic rings. The summed E-state index contributed by atoms with van der Waals surface area (Å²) in [5.41, 5.74) is 3.79. The van der Waals surface area contributed by atoms with Crippen molar-refractivity contribution in [2.24, 2.45) is 22.9 Å². The summed E-state index contributed by atoms with van der Waals surface area (Å²) < 4.78 is 20.8. The normalized spacial score (nSPS) is 21.9. The zero-order valence-corrected chi connectivity index (χ0v) is 38.6. The first kappa shape index (κ1) is 49.9. The van der Waals surface area contributed by atoms with Gasteiger partial charge >= 0.3 is 0 Å². The van der Waals surface area contributed by atoms with Crippen LogP contribution in [0.5, 0.6) is 17.2 Å². The first-order valence-electron chi connectivity index (χ1n) is 23.4. The Morgan fingerprint density at radius 3 is 2.28 bits per heavy atom. The molecule has 69 heavy (non-hydrogen) atoms. The maximum Gasteiger partial charge on any atom is 0.269 e. The predicted molar refractivity (Wildman–Crippen MR) is 259 cm³/mol. The molecule has 16 heteroatoms. The number of benzene rings is 4. The number of ether oxygens (including phenoxy) is 3. The van der Waals surface area contributed by atoms with E-state index < -0.39 is 27.6 Å². The fraction of sp³-hybridized carbons (Fsp3) is 0.377. The van der Waals surface area contributed by atoms with E-state index in [0.29, 0.717) is 71.8 Å². The third kappa shape index (κ3) is 11.5. The van der Waals surface area contributed by atoms with E-state index in [1.54, 1.807) is 71.6 Å². The molecular formula is C53H58N4O12. The number of nitrogens with zero attached hydrogens (tertiary/aromatic N) is 4. The van der Waals surface area contributed by atoms with Crippen molar-refractivity contribution < 1.29 is 48.7 Å². The highest BCUT2D eigenvalue weighted by molar-refractivity contribution is 6.03. The van der Waals surface area contributed by atoms with Gasteiger partial charge in [0.25, 0.3) is 11.4 Å². The molecule has 1 saturated carbocycles. The molecule has 6 atom stereocenters. The van der Waals surface area contributed by atoms with Gasteiger partial charge in [-0.05, 0) is 121 Å². The van der Waals surface area contributed by atoms with Crippen molar-refractivity contribution in [2.45, 2.75) is 82.6 Å². The number of aldehydes is 1. The SMILES string of the molecule is C=CCOC12Oc3ccc(Oc4cccc(C=O)c4)cc3C3C(CCCCO)C(CCCCO)C=C(C(=NOCc4ccc([N+](=O)[O-])cc4)CC1N(CCC)C(=O)C=Cc1ccc([N+](=O)[O-])cc1)C32. The van der Waals surface area contributed by atoms with Crippen molar-refractivity contribution in [3.05, 3.63) is 164 Å².